The van der Waals surface area contributed by atoms with Gasteiger partial charge in [-0.15, -0.1) is 0 Å². The van der Waals surface area contributed by atoms with Gasteiger partial charge in [0.05, 0.1) is 5.56 Å². The lowest BCUT2D eigenvalue weighted by atomic mass is 9.94. The van der Waals surface area contributed by atoms with Crippen molar-refractivity contribution >= 4 is 17.8 Å². The topological polar surface area (TPSA) is 77.9 Å². The van der Waals surface area contributed by atoms with E-state index in [1.807, 2.05) is 30.3 Å². The highest BCUT2D eigenvalue weighted by atomic mass is 16.4. The number of likely N-dealkylation sites (N-methyl/N-ethyl adjacent to an activating group) is 2. The maximum Gasteiger partial charge on any atom is 0.335 e. The molecular formula is C21H22N2O4. The van der Waals surface area contributed by atoms with E-state index < -0.39 is 18.1 Å². The molecule has 2 aromatic carbocycles. The molecule has 6 heteroatoms. The van der Waals surface area contributed by atoms with Crippen molar-refractivity contribution in [2.75, 3.05) is 14.1 Å². The van der Waals surface area contributed by atoms with Crippen LogP contribution in [0.4, 0.5) is 0 Å². The Morgan fingerprint density at radius 2 is 1.37 bits per heavy atom. The second kappa shape index (κ2) is 7.61. The summed E-state index contributed by atoms with van der Waals surface area (Å²) in [5, 5.41) is 9.36. The van der Waals surface area contributed by atoms with E-state index >= 15 is 0 Å². The molecule has 1 aliphatic heterocycles. The van der Waals surface area contributed by atoms with Crippen LogP contribution in [0.2, 0.25) is 0 Å². The van der Waals surface area contributed by atoms with Gasteiger partial charge in [0.25, 0.3) is 0 Å². The van der Waals surface area contributed by atoms with Crippen molar-refractivity contribution in [3.8, 4) is 0 Å². The molecule has 1 unspecified atom stereocenters. The number of rotatable bonds is 5. The summed E-state index contributed by atoms with van der Waals surface area (Å²) in [4.78, 5) is 40.2. The van der Waals surface area contributed by atoms with Crippen LogP contribution in [-0.4, -0.2) is 58.9 Å². The van der Waals surface area contributed by atoms with Gasteiger partial charge >= 0.3 is 5.97 Å². The van der Waals surface area contributed by atoms with Crippen LogP contribution in [0.1, 0.15) is 21.5 Å². The molecule has 0 bridgehead atoms. The van der Waals surface area contributed by atoms with Gasteiger partial charge in [-0.3, -0.25) is 9.59 Å². The third-order valence-corrected chi connectivity index (χ3v) is 5.13. The third kappa shape index (κ3) is 3.69. The largest absolute Gasteiger partial charge is 0.478 e. The Morgan fingerprint density at radius 3 is 1.96 bits per heavy atom. The zero-order valence-electron chi connectivity index (χ0n) is 15.3. The first-order valence-corrected chi connectivity index (χ1v) is 8.78. The van der Waals surface area contributed by atoms with Crippen LogP contribution in [0.25, 0.3) is 0 Å². The summed E-state index contributed by atoms with van der Waals surface area (Å²) in [6, 6.07) is 14.9. The van der Waals surface area contributed by atoms with Gasteiger partial charge in [-0.25, -0.2) is 4.79 Å². The van der Waals surface area contributed by atoms with Crippen molar-refractivity contribution in [3.05, 3.63) is 71.3 Å². The molecule has 1 fully saturated rings. The van der Waals surface area contributed by atoms with Gasteiger partial charge < -0.3 is 14.9 Å². The summed E-state index contributed by atoms with van der Waals surface area (Å²) in [5.41, 5.74) is 1.68. The van der Waals surface area contributed by atoms with E-state index in [1.54, 1.807) is 32.3 Å². The van der Waals surface area contributed by atoms with Crippen molar-refractivity contribution in [2.45, 2.75) is 24.9 Å². The normalized spacial score (nSPS) is 20.1. The lowest BCUT2D eigenvalue weighted by molar-refractivity contribution is -0.158. The summed E-state index contributed by atoms with van der Waals surface area (Å²) in [6.45, 7) is 0. The first-order chi connectivity index (χ1) is 12.9. The number of aromatic carboxylic acids is 1. The van der Waals surface area contributed by atoms with Crippen molar-refractivity contribution in [3.63, 3.8) is 0 Å². The van der Waals surface area contributed by atoms with Crippen LogP contribution in [0.5, 0.6) is 0 Å². The van der Waals surface area contributed by atoms with E-state index in [1.165, 1.54) is 15.9 Å². The van der Waals surface area contributed by atoms with Crippen molar-refractivity contribution in [2.24, 2.45) is 0 Å². The minimum Gasteiger partial charge on any atom is -0.478 e. The Labute approximate surface area is 158 Å². The van der Waals surface area contributed by atoms with Crippen LogP contribution in [0, 0.1) is 0 Å². The molecule has 3 rings (SSSR count). The number of carboxylic acid groups (broad SMARTS) is 1. The average molecular weight is 366 g/mol. The number of hydrogen-bond acceptors (Lipinski definition) is 3. The van der Waals surface area contributed by atoms with Crippen LogP contribution in [0.15, 0.2) is 54.6 Å². The number of carboxylic acids is 1. The first kappa shape index (κ1) is 18.6. The molecule has 0 spiro atoms. The number of carbonyl (C=O) groups is 3. The van der Waals surface area contributed by atoms with Gasteiger partial charge in [-0.05, 0) is 17.2 Å². The van der Waals surface area contributed by atoms with E-state index in [0.29, 0.717) is 12.0 Å². The van der Waals surface area contributed by atoms with E-state index in [4.69, 9.17) is 0 Å². The lowest BCUT2D eigenvalue weighted by Gasteiger charge is -2.42. The van der Waals surface area contributed by atoms with E-state index in [9.17, 15) is 19.5 Å². The van der Waals surface area contributed by atoms with E-state index in [2.05, 4.69) is 0 Å². The molecule has 2 aromatic rings. The molecule has 27 heavy (non-hydrogen) atoms. The fraction of sp³-hybridized carbons (Fsp3) is 0.286. The van der Waals surface area contributed by atoms with Gasteiger partial charge in [-0.2, -0.15) is 0 Å². The molecule has 1 aliphatic rings. The lowest BCUT2D eigenvalue weighted by Crippen LogP contribution is -2.63. The van der Waals surface area contributed by atoms with Crippen LogP contribution < -0.4 is 0 Å². The molecule has 1 saturated heterocycles. The first-order valence-electron chi connectivity index (χ1n) is 8.78. The van der Waals surface area contributed by atoms with Gasteiger partial charge in [0.15, 0.2) is 0 Å². The second-order valence-corrected chi connectivity index (χ2v) is 6.79. The minimum atomic E-state index is -1.04. The molecule has 6 nitrogen and oxygen atoms in total. The number of nitrogens with zero attached hydrogens (tertiary/aromatic N) is 2. The molecule has 140 valence electrons. The fourth-order valence-electron chi connectivity index (χ4n) is 3.51. The quantitative estimate of drug-likeness (QED) is 0.876. The van der Waals surface area contributed by atoms with Crippen LogP contribution in [0.3, 0.4) is 0 Å². The van der Waals surface area contributed by atoms with Gasteiger partial charge in [0, 0.05) is 26.9 Å². The van der Waals surface area contributed by atoms with Gasteiger partial charge in [0.1, 0.15) is 12.1 Å². The summed E-state index contributed by atoms with van der Waals surface area (Å²) < 4.78 is 0. The maximum atomic E-state index is 13.0. The summed E-state index contributed by atoms with van der Waals surface area (Å²) >= 11 is 0. The molecule has 2 amide bonds. The second-order valence-electron chi connectivity index (χ2n) is 6.79. The number of amides is 2. The van der Waals surface area contributed by atoms with Gasteiger partial charge in [-0.1, -0.05) is 48.5 Å². The predicted molar refractivity (Wildman–Crippen MR) is 100 cm³/mol. The highest BCUT2D eigenvalue weighted by molar-refractivity contribution is 5.97. The monoisotopic (exact) mass is 366 g/mol. The molecule has 0 saturated carbocycles. The highest BCUT2D eigenvalue weighted by Gasteiger charge is 2.42. The maximum absolute atomic E-state index is 13.0. The Hall–Kier alpha value is -3.15. The number of hydrogen-bond donors (Lipinski definition) is 1. The van der Waals surface area contributed by atoms with Crippen molar-refractivity contribution < 1.29 is 19.5 Å². The van der Waals surface area contributed by atoms with E-state index in [-0.39, 0.29) is 23.8 Å². The Morgan fingerprint density at radius 1 is 0.852 bits per heavy atom. The zero-order chi connectivity index (χ0) is 19.6. The molecule has 0 aliphatic carbocycles. The fourth-order valence-corrected chi connectivity index (χ4v) is 3.51. The molecule has 0 aromatic heterocycles. The Kier molecular flexibility index (Phi) is 5.26. The summed E-state index contributed by atoms with van der Waals surface area (Å²) in [6.07, 6.45) is 0.622. The van der Waals surface area contributed by atoms with Crippen molar-refractivity contribution in [1.82, 2.24) is 9.80 Å². The van der Waals surface area contributed by atoms with E-state index in [0.717, 1.165) is 5.56 Å². The minimum absolute atomic E-state index is 0.140. The Bertz CT molecular complexity index is 865. The zero-order valence-corrected chi connectivity index (χ0v) is 15.3. The third-order valence-electron chi connectivity index (χ3n) is 5.13. The molecule has 1 heterocycles. The SMILES string of the molecule is CN1C(=O)[C@H](Cc2ccccc2)N(C)C(=O)C1Cc1ccccc1C(=O)O. The predicted octanol–water partition coefficient (Wildman–Crippen LogP) is 1.84. The standard InChI is InChI=1S/C21H22N2O4/c1-22-17(12-14-8-4-3-5-9-14)19(24)23(2)18(20(22)25)13-15-10-6-7-11-16(15)21(26)27/h3-11,17-18H,12-13H2,1-2H3,(H,26,27)/t17-,18?/m0/s1. The Balaban J connectivity index is 1.83. The number of carbonyl (C=O) groups excluding carboxylic acids is 2. The number of piperazine rings is 1. The molecule has 1 N–H and O–H groups in total. The molecule has 2 atom stereocenters. The van der Waals surface area contributed by atoms with Crippen LogP contribution >= 0.6 is 0 Å². The molecular weight excluding hydrogens is 344 g/mol. The molecule has 0 radical (unpaired) electrons. The average Bonchev–Trinajstić information content (AvgIpc) is 2.68. The highest BCUT2D eigenvalue weighted by Crippen LogP contribution is 2.23. The summed E-state index contributed by atoms with van der Waals surface area (Å²) in [7, 11) is 3.25. The van der Waals surface area contributed by atoms with Crippen molar-refractivity contribution in [1.29, 1.82) is 0 Å². The van der Waals surface area contributed by atoms with Gasteiger partial charge in [0.2, 0.25) is 11.8 Å². The smallest absolute Gasteiger partial charge is 0.335 e. The summed E-state index contributed by atoms with van der Waals surface area (Å²) in [5.74, 6) is -1.37. The van der Waals surface area contributed by atoms with Crippen LogP contribution in [-0.2, 0) is 22.4 Å². The number of benzene rings is 2.